The number of aromatic amines is 1. The van der Waals surface area contributed by atoms with Crippen LogP contribution >= 0.6 is 0 Å². The third-order valence-corrected chi connectivity index (χ3v) is 4.88. The lowest BCUT2D eigenvalue weighted by atomic mass is 9.83. The second-order valence-corrected chi connectivity index (χ2v) is 6.37. The monoisotopic (exact) mass is 343 g/mol. The SMILES string of the molecule is COc1cccc2c([C@@H](c3ccccc3)[C@@H](O)c3ccccc3)c[nH]c12. The van der Waals surface area contributed by atoms with E-state index >= 15 is 0 Å². The number of aromatic nitrogens is 1. The molecule has 0 unspecified atom stereocenters. The molecule has 0 amide bonds. The average Bonchev–Trinajstić information content (AvgIpc) is 3.13. The third kappa shape index (κ3) is 2.87. The number of aliphatic hydroxyl groups excluding tert-OH is 1. The van der Waals surface area contributed by atoms with Gasteiger partial charge in [-0.15, -0.1) is 0 Å². The molecule has 3 heteroatoms. The van der Waals surface area contributed by atoms with Gasteiger partial charge in [0.15, 0.2) is 0 Å². The number of hydrogen-bond donors (Lipinski definition) is 2. The second kappa shape index (κ2) is 7.06. The maximum Gasteiger partial charge on any atom is 0.142 e. The Morgan fingerprint density at radius 2 is 1.46 bits per heavy atom. The lowest BCUT2D eigenvalue weighted by Crippen LogP contribution is -2.12. The molecule has 1 aromatic heterocycles. The molecule has 4 rings (SSSR count). The van der Waals surface area contributed by atoms with E-state index in [2.05, 4.69) is 23.2 Å². The molecule has 0 aliphatic carbocycles. The van der Waals surface area contributed by atoms with Crippen molar-refractivity contribution in [3.8, 4) is 5.75 Å². The quantitative estimate of drug-likeness (QED) is 0.533. The summed E-state index contributed by atoms with van der Waals surface area (Å²) in [5, 5.41) is 12.3. The van der Waals surface area contributed by atoms with Crippen LogP contribution in [0.1, 0.15) is 28.7 Å². The molecule has 0 aliphatic rings. The van der Waals surface area contributed by atoms with Crippen LogP contribution < -0.4 is 4.74 Å². The van der Waals surface area contributed by atoms with E-state index in [-0.39, 0.29) is 5.92 Å². The van der Waals surface area contributed by atoms with Crippen molar-refractivity contribution in [2.45, 2.75) is 12.0 Å². The fourth-order valence-electron chi connectivity index (χ4n) is 3.61. The summed E-state index contributed by atoms with van der Waals surface area (Å²) in [6.45, 7) is 0. The Morgan fingerprint density at radius 3 is 2.12 bits per heavy atom. The zero-order valence-electron chi connectivity index (χ0n) is 14.6. The Bertz CT molecular complexity index is 993. The van der Waals surface area contributed by atoms with Crippen molar-refractivity contribution in [1.29, 1.82) is 0 Å². The Labute approximate surface area is 152 Å². The fourth-order valence-corrected chi connectivity index (χ4v) is 3.61. The van der Waals surface area contributed by atoms with Crippen LogP contribution in [0.5, 0.6) is 5.75 Å². The van der Waals surface area contributed by atoms with Crippen molar-refractivity contribution in [2.75, 3.05) is 7.11 Å². The van der Waals surface area contributed by atoms with Crippen LogP contribution in [0, 0.1) is 0 Å². The number of rotatable bonds is 5. The van der Waals surface area contributed by atoms with Crippen molar-refractivity contribution in [2.24, 2.45) is 0 Å². The molecule has 0 fully saturated rings. The summed E-state index contributed by atoms with van der Waals surface area (Å²) >= 11 is 0. The molecule has 0 bridgehead atoms. The zero-order chi connectivity index (χ0) is 17.9. The number of aliphatic hydroxyl groups is 1. The Hall–Kier alpha value is -3.04. The minimum absolute atomic E-state index is 0.181. The van der Waals surface area contributed by atoms with E-state index < -0.39 is 6.10 Å². The molecule has 0 saturated heterocycles. The van der Waals surface area contributed by atoms with E-state index in [9.17, 15) is 5.11 Å². The van der Waals surface area contributed by atoms with Crippen LogP contribution in [-0.2, 0) is 0 Å². The number of methoxy groups -OCH3 is 1. The first-order valence-electron chi connectivity index (χ1n) is 8.71. The van der Waals surface area contributed by atoms with Crippen LogP contribution in [0.2, 0.25) is 0 Å². The summed E-state index contributed by atoms with van der Waals surface area (Å²) in [6.07, 6.45) is 1.33. The topological polar surface area (TPSA) is 45.2 Å². The van der Waals surface area contributed by atoms with Gasteiger partial charge >= 0.3 is 0 Å². The van der Waals surface area contributed by atoms with Gasteiger partial charge in [0.2, 0.25) is 0 Å². The van der Waals surface area contributed by atoms with Crippen molar-refractivity contribution in [3.05, 3.63) is 102 Å². The van der Waals surface area contributed by atoms with Gasteiger partial charge < -0.3 is 14.8 Å². The van der Waals surface area contributed by atoms with Gasteiger partial charge in [-0.2, -0.15) is 0 Å². The predicted molar refractivity (Wildman–Crippen MR) is 105 cm³/mol. The summed E-state index contributed by atoms with van der Waals surface area (Å²) in [5.74, 6) is 0.620. The minimum atomic E-state index is -0.649. The van der Waals surface area contributed by atoms with E-state index in [1.165, 1.54) is 0 Å². The van der Waals surface area contributed by atoms with Crippen molar-refractivity contribution in [3.63, 3.8) is 0 Å². The highest BCUT2D eigenvalue weighted by Crippen LogP contribution is 2.41. The second-order valence-electron chi connectivity index (χ2n) is 6.37. The number of benzene rings is 3. The molecule has 3 nitrogen and oxygen atoms in total. The van der Waals surface area contributed by atoms with Gasteiger partial charge in [-0.1, -0.05) is 72.8 Å². The normalized spacial score (nSPS) is 13.5. The highest BCUT2D eigenvalue weighted by Gasteiger charge is 2.27. The highest BCUT2D eigenvalue weighted by atomic mass is 16.5. The maximum absolute atomic E-state index is 11.2. The van der Waals surface area contributed by atoms with Crippen molar-refractivity contribution < 1.29 is 9.84 Å². The fraction of sp³-hybridized carbons (Fsp3) is 0.130. The van der Waals surface area contributed by atoms with Gasteiger partial charge in [0.1, 0.15) is 5.75 Å². The smallest absolute Gasteiger partial charge is 0.142 e. The molecule has 2 atom stereocenters. The Kier molecular flexibility index (Phi) is 4.46. The van der Waals surface area contributed by atoms with Gasteiger partial charge in [-0.25, -0.2) is 0 Å². The molecule has 0 aliphatic heterocycles. The molecule has 0 spiro atoms. The Balaban J connectivity index is 1.89. The van der Waals surface area contributed by atoms with E-state index in [0.29, 0.717) is 0 Å². The molecular formula is C23H21NO2. The molecule has 2 N–H and O–H groups in total. The maximum atomic E-state index is 11.2. The number of H-pyrrole nitrogens is 1. The number of fused-ring (bicyclic) bond motifs is 1. The lowest BCUT2D eigenvalue weighted by molar-refractivity contribution is 0.159. The molecule has 26 heavy (non-hydrogen) atoms. The highest BCUT2D eigenvalue weighted by molar-refractivity contribution is 5.89. The van der Waals surface area contributed by atoms with Crippen LogP contribution in [0.3, 0.4) is 0 Å². The lowest BCUT2D eigenvalue weighted by Gasteiger charge is -2.24. The van der Waals surface area contributed by atoms with Gasteiger partial charge in [0, 0.05) is 17.5 Å². The number of nitrogens with one attached hydrogen (secondary N) is 1. The molecule has 0 radical (unpaired) electrons. The number of ether oxygens (including phenoxy) is 1. The number of hydrogen-bond acceptors (Lipinski definition) is 2. The van der Waals surface area contributed by atoms with Crippen LogP contribution in [0.25, 0.3) is 10.9 Å². The van der Waals surface area contributed by atoms with Gasteiger partial charge in [0.25, 0.3) is 0 Å². The summed E-state index contributed by atoms with van der Waals surface area (Å²) in [6, 6.07) is 25.9. The molecule has 1 heterocycles. The standard InChI is InChI=1S/C23H21NO2/c1-26-20-14-8-13-18-19(15-24-22(18)20)21(16-9-4-2-5-10-16)23(25)17-11-6-3-7-12-17/h2-15,21,23-25H,1H3/t21-,23+/m1/s1. The largest absolute Gasteiger partial charge is 0.495 e. The molecular weight excluding hydrogens is 322 g/mol. The van der Waals surface area contributed by atoms with Crippen molar-refractivity contribution in [1.82, 2.24) is 4.98 Å². The third-order valence-electron chi connectivity index (χ3n) is 4.88. The summed E-state index contributed by atoms with van der Waals surface area (Å²) < 4.78 is 5.48. The summed E-state index contributed by atoms with van der Waals surface area (Å²) in [5.41, 5.74) is 3.99. The van der Waals surface area contributed by atoms with E-state index in [0.717, 1.165) is 33.3 Å². The zero-order valence-corrected chi connectivity index (χ0v) is 14.6. The first-order valence-corrected chi connectivity index (χ1v) is 8.71. The molecule has 130 valence electrons. The number of para-hydroxylation sites is 1. The van der Waals surface area contributed by atoms with Gasteiger partial charge in [-0.3, -0.25) is 0 Å². The van der Waals surface area contributed by atoms with Crippen LogP contribution in [0.15, 0.2) is 85.1 Å². The van der Waals surface area contributed by atoms with Crippen LogP contribution in [0.4, 0.5) is 0 Å². The summed E-state index contributed by atoms with van der Waals surface area (Å²) in [7, 11) is 1.67. The Morgan fingerprint density at radius 1 is 0.808 bits per heavy atom. The molecule has 4 aromatic rings. The first kappa shape index (κ1) is 16.4. The van der Waals surface area contributed by atoms with Gasteiger partial charge in [-0.05, 0) is 22.8 Å². The molecule has 3 aromatic carbocycles. The van der Waals surface area contributed by atoms with Crippen LogP contribution in [-0.4, -0.2) is 17.2 Å². The first-order chi connectivity index (χ1) is 12.8. The summed E-state index contributed by atoms with van der Waals surface area (Å²) in [4.78, 5) is 3.33. The minimum Gasteiger partial charge on any atom is -0.495 e. The predicted octanol–water partition coefficient (Wildman–Crippen LogP) is 5.04. The van der Waals surface area contributed by atoms with E-state index in [4.69, 9.17) is 4.74 Å². The van der Waals surface area contributed by atoms with Gasteiger partial charge in [0.05, 0.1) is 18.7 Å². The molecule has 0 saturated carbocycles. The average molecular weight is 343 g/mol. The van der Waals surface area contributed by atoms with Crippen molar-refractivity contribution >= 4 is 10.9 Å². The van der Waals surface area contributed by atoms with E-state index in [1.807, 2.05) is 66.9 Å². The van der Waals surface area contributed by atoms with E-state index in [1.54, 1.807) is 7.11 Å².